The van der Waals surface area contributed by atoms with E-state index in [1.54, 1.807) is 12.1 Å². The van der Waals surface area contributed by atoms with E-state index >= 15 is 0 Å². The van der Waals surface area contributed by atoms with E-state index in [1.165, 1.54) is 29.5 Å². The number of nitrogens with zero attached hydrogens (tertiary/aromatic N) is 2. The number of nitro benzene ring substituents is 1. The van der Waals surface area contributed by atoms with Gasteiger partial charge in [-0.15, -0.1) is 11.3 Å². The van der Waals surface area contributed by atoms with Crippen LogP contribution in [-0.4, -0.2) is 14.9 Å². The van der Waals surface area contributed by atoms with Crippen molar-refractivity contribution in [2.24, 2.45) is 0 Å². The molecule has 0 radical (unpaired) electrons. The molecule has 0 amide bonds. The van der Waals surface area contributed by atoms with Gasteiger partial charge in [0, 0.05) is 23.8 Å². The second-order valence-electron chi connectivity index (χ2n) is 4.26. The van der Waals surface area contributed by atoms with Crippen LogP contribution in [0.4, 0.5) is 5.69 Å². The van der Waals surface area contributed by atoms with Gasteiger partial charge in [-0.1, -0.05) is 18.2 Å². The van der Waals surface area contributed by atoms with Crippen LogP contribution in [0, 0.1) is 10.1 Å². The quantitative estimate of drug-likeness (QED) is 0.594. The molecule has 1 N–H and O–H groups in total. The first-order chi connectivity index (χ1) is 10.1. The van der Waals surface area contributed by atoms with E-state index in [0.29, 0.717) is 17.1 Å². The van der Waals surface area contributed by atoms with Gasteiger partial charge >= 0.3 is 0 Å². The van der Waals surface area contributed by atoms with E-state index in [-0.39, 0.29) is 11.2 Å². The van der Waals surface area contributed by atoms with Crippen molar-refractivity contribution < 1.29 is 4.92 Å². The number of thiophene rings is 1. The predicted molar refractivity (Wildman–Crippen MR) is 80.3 cm³/mol. The van der Waals surface area contributed by atoms with Crippen molar-refractivity contribution in [2.75, 3.05) is 0 Å². The summed E-state index contributed by atoms with van der Waals surface area (Å²) in [6.45, 7) is 0. The van der Waals surface area contributed by atoms with Crippen molar-refractivity contribution >= 4 is 17.0 Å². The van der Waals surface area contributed by atoms with Crippen LogP contribution in [0.25, 0.3) is 22.0 Å². The minimum Gasteiger partial charge on any atom is -0.306 e. The van der Waals surface area contributed by atoms with Gasteiger partial charge in [0.1, 0.15) is 0 Å². The number of benzene rings is 1. The summed E-state index contributed by atoms with van der Waals surface area (Å²) >= 11 is 1.46. The molecular weight excluding hydrogens is 290 g/mol. The highest BCUT2D eigenvalue weighted by atomic mass is 32.1. The zero-order chi connectivity index (χ0) is 14.8. The lowest BCUT2D eigenvalue weighted by molar-refractivity contribution is -0.384. The lowest BCUT2D eigenvalue weighted by atomic mass is 10.1. The summed E-state index contributed by atoms with van der Waals surface area (Å²) in [5.74, 6) is 0.457. The lowest BCUT2D eigenvalue weighted by Gasteiger charge is -2.03. The fourth-order valence-corrected chi connectivity index (χ4v) is 2.58. The summed E-state index contributed by atoms with van der Waals surface area (Å²) in [5.41, 5.74) is 0.612. The predicted octanol–water partition coefficient (Wildman–Crippen LogP) is 3.07. The van der Waals surface area contributed by atoms with Crippen LogP contribution < -0.4 is 5.56 Å². The molecule has 0 saturated heterocycles. The molecule has 21 heavy (non-hydrogen) atoms. The molecule has 0 spiro atoms. The standard InChI is InChI=1S/C14H9N3O3S/c18-13-8-11(9-3-1-4-10(7-9)17(19)20)15-14(16-13)12-5-2-6-21-12/h1-8H,(H,15,16,18). The molecule has 3 rings (SSSR count). The first-order valence-corrected chi connectivity index (χ1v) is 6.91. The first-order valence-electron chi connectivity index (χ1n) is 6.03. The average molecular weight is 299 g/mol. The third-order valence-corrected chi connectivity index (χ3v) is 3.73. The average Bonchev–Trinajstić information content (AvgIpc) is 3.01. The molecule has 0 aliphatic heterocycles. The summed E-state index contributed by atoms with van der Waals surface area (Å²) < 4.78 is 0. The summed E-state index contributed by atoms with van der Waals surface area (Å²) in [4.78, 5) is 30.0. The van der Waals surface area contributed by atoms with Gasteiger partial charge in [0.15, 0.2) is 5.82 Å². The molecule has 6 nitrogen and oxygen atoms in total. The number of hydrogen-bond acceptors (Lipinski definition) is 5. The second-order valence-corrected chi connectivity index (χ2v) is 5.21. The highest BCUT2D eigenvalue weighted by Crippen LogP contribution is 2.25. The smallest absolute Gasteiger partial charge is 0.270 e. The molecule has 2 aromatic heterocycles. The molecule has 0 saturated carbocycles. The third-order valence-electron chi connectivity index (χ3n) is 2.85. The van der Waals surface area contributed by atoms with Gasteiger partial charge < -0.3 is 4.98 Å². The minimum atomic E-state index is -0.475. The Balaban J connectivity index is 2.13. The van der Waals surface area contributed by atoms with Crippen LogP contribution >= 0.6 is 11.3 Å². The van der Waals surface area contributed by atoms with E-state index in [4.69, 9.17) is 0 Å². The van der Waals surface area contributed by atoms with Gasteiger partial charge in [-0.05, 0) is 11.4 Å². The number of nitrogens with one attached hydrogen (secondary N) is 1. The summed E-state index contributed by atoms with van der Waals surface area (Å²) in [7, 11) is 0. The number of H-pyrrole nitrogens is 1. The van der Waals surface area contributed by atoms with Gasteiger partial charge in [0.25, 0.3) is 11.2 Å². The molecule has 0 aliphatic rings. The Kier molecular flexibility index (Phi) is 3.33. The van der Waals surface area contributed by atoms with Gasteiger partial charge in [0.2, 0.25) is 0 Å². The van der Waals surface area contributed by atoms with E-state index < -0.39 is 4.92 Å². The van der Waals surface area contributed by atoms with E-state index in [9.17, 15) is 14.9 Å². The molecule has 1 aromatic carbocycles. The molecule has 7 heteroatoms. The van der Waals surface area contributed by atoms with Crippen molar-refractivity contribution in [1.82, 2.24) is 9.97 Å². The number of aromatic nitrogens is 2. The monoisotopic (exact) mass is 299 g/mol. The fourth-order valence-electron chi connectivity index (χ4n) is 1.91. The topological polar surface area (TPSA) is 88.9 Å². The van der Waals surface area contributed by atoms with E-state index in [2.05, 4.69) is 9.97 Å². The third kappa shape index (κ3) is 2.72. The molecular formula is C14H9N3O3S. The Morgan fingerprint density at radius 1 is 1.19 bits per heavy atom. The molecule has 3 aromatic rings. The molecule has 0 aliphatic carbocycles. The fraction of sp³-hybridized carbons (Fsp3) is 0. The Hall–Kier alpha value is -2.80. The Morgan fingerprint density at radius 2 is 2.05 bits per heavy atom. The van der Waals surface area contributed by atoms with Crippen LogP contribution in [0.5, 0.6) is 0 Å². The molecule has 0 bridgehead atoms. The largest absolute Gasteiger partial charge is 0.306 e. The summed E-state index contributed by atoms with van der Waals surface area (Å²) in [5, 5.41) is 12.7. The van der Waals surface area contributed by atoms with Crippen LogP contribution in [0.3, 0.4) is 0 Å². The molecule has 0 unspecified atom stereocenters. The highest BCUT2D eigenvalue weighted by Gasteiger charge is 2.10. The first kappa shape index (κ1) is 13.2. The number of non-ortho nitro benzene ring substituents is 1. The van der Waals surface area contributed by atoms with Crippen molar-refractivity contribution in [3.63, 3.8) is 0 Å². The van der Waals surface area contributed by atoms with Crippen molar-refractivity contribution in [2.45, 2.75) is 0 Å². The molecule has 0 fully saturated rings. The second kappa shape index (κ2) is 5.29. The van der Waals surface area contributed by atoms with Crippen LogP contribution in [0.15, 0.2) is 52.6 Å². The van der Waals surface area contributed by atoms with Gasteiger partial charge in [-0.25, -0.2) is 4.98 Å². The number of rotatable bonds is 3. The van der Waals surface area contributed by atoms with E-state index in [1.807, 2.05) is 17.5 Å². The Morgan fingerprint density at radius 3 is 2.76 bits per heavy atom. The number of aromatic amines is 1. The van der Waals surface area contributed by atoms with Crippen molar-refractivity contribution in [1.29, 1.82) is 0 Å². The maximum atomic E-state index is 11.8. The number of hydrogen-bond donors (Lipinski definition) is 1. The van der Waals surface area contributed by atoms with Crippen molar-refractivity contribution in [3.8, 4) is 22.0 Å². The Labute approximate surface area is 122 Å². The SMILES string of the molecule is O=c1cc(-c2cccc([N+](=O)[O-])c2)nc(-c2cccs2)[nH]1. The van der Waals surface area contributed by atoms with Crippen LogP contribution in [-0.2, 0) is 0 Å². The van der Waals surface area contributed by atoms with E-state index in [0.717, 1.165) is 4.88 Å². The maximum absolute atomic E-state index is 11.8. The normalized spacial score (nSPS) is 10.5. The highest BCUT2D eigenvalue weighted by molar-refractivity contribution is 7.13. The van der Waals surface area contributed by atoms with Crippen LogP contribution in [0.1, 0.15) is 0 Å². The summed E-state index contributed by atoms with van der Waals surface area (Å²) in [6.07, 6.45) is 0. The lowest BCUT2D eigenvalue weighted by Crippen LogP contribution is -2.08. The minimum absolute atomic E-state index is 0.0349. The molecule has 0 atom stereocenters. The molecule has 104 valence electrons. The zero-order valence-electron chi connectivity index (χ0n) is 10.6. The van der Waals surface area contributed by atoms with Gasteiger partial charge in [-0.3, -0.25) is 14.9 Å². The van der Waals surface area contributed by atoms with Crippen molar-refractivity contribution in [3.05, 3.63) is 68.3 Å². The van der Waals surface area contributed by atoms with Gasteiger partial charge in [-0.2, -0.15) is 0 Å². The zero-order valence-corrected chi connectivity index (χ0v) is 11.5. The summed E-state index contributed by atoms with van der Waals surface area (Å²) in [6, 6.07) is 11.1. The van der Waals surface area contributed by atoms with Crippen LogP contribution in [0.2, 0.25) is 0 Å². The van der Waals surface area contributed by atoms with Gasteiger partial charge in [0.05, 0.1) is 15.5 Å². The molecule has 2 heterocycles. The maximum Gasteiger partial charge on any atom is 0.270 e. The Bertz CT molecular complexity index is 856. The number of nitro groups is 1.